The van der Waals surface area contributed by atoms with Crippen LogP contribution >= 0.6 is 23.4 Å². The van der Waals surface area contributed by atoms with Crippen LogP contribution in [0.15, 0.2) is 58.6 Å². The zero-order valence-electron chi connectivity index (χ0n) is 16.9. The Morgan fingerprint density at radius 2 is 1.74 bits per heavy atom. The van der Waals surface area contributed by atoms with Crippen molar-refractivity contribution in [2.45, 2.75) is 23.9 Å². The van der Waals surface area contributed by atoms with E-state index in [-0.39, 0.29) is 16.6 Å². The highest BCUT2D eigenvalue weighted by atomic mass is 35.5. The number of carbonyl (C=O) groups excluding carboxylic acids is 1. The molecule has 0 spiro atoms. The van der Waals surface area contributed by atoms with Gasteiger partial charge in [0.1, 0.15) is 0 Å². The monoisotopic (exact) mass is 480 g/mol. The molecule has 0 saturated heterocycles. The summed E-state index contributed by atoms with van der Waals surface area (Å²) in [6.07, 6.45) is 0. The lowest BCUT2D eigenvalue weighted by molar-refractivity contribution is -0.113. The van der Waals surface area contributed by atoms with E-state index in [1.165, 1.54) is 32.9 Å². The van der Waals surface area contributed by atoms with Crippen molar-refractivity contribution in [3.05, 3.63) is 53.6 Å². The number of sulfonamides is 1. The molecule has 0 unspecified atom stereocenters. The topological polar surface area (TPSA) is 110 Å². The van der Waals surface area contributed by atoms with E-state index in [4.69, 9.17) is 11.6 Å². The van der Waals surface area contributed by atoms with Crippen molar-refractivity contribution in [2.24, 2.45) is 0 Å². The first-order chi connectivity index (χ1) is 14.8. The molecule has 3 rings (SSSR count). The Morgan fingerprint density at radius 1 is 1.10 bits per heavy atom. The molecule has 1 heterocycles. The van der Waals surface area contributed by atoms with Gasteiger partial charge in [0.2, 0.25) is 21.1 Å². The third kappa shape index (κ3) is 5.62. The summed E-state index contributed by atoms with van der Waals surface area (Å²) in [5.41, 5.74) is 1.23. The van der Waals surface area contributed by atoms with Crippen LogP contribution in [0.4, 0.5) is 5.69 Å². The average molecular weight is 481 g/mol. The van der Waals surface area contributed by atoms with Crippen LogP contribution in [-0.2, 0) is 14.8 Å². The minimum atomic E-state index is -3.54. The van der Waals surface area contributed by atoms with E-state index in [2.05, 4.69) is 20.8 Å². The number of anilines is 1. The molecule has 0 fully saturated rings. The Kier molecular flexibility index (Phi) is 7.65. The van der Waals surface area contributed by atoms with E-state index in [1.54, 1.807) is 50.2 Å². The van der Waals surface area contributed by atoms with Crippen molar-refractivity contribution in [3.8, 4) is 5.69 Å². The summed E-state index contributed by atoms with van der Waals surface area (Å²) in [4.78, 5) is 12.5. The summed E-state index contributed by atoms with van der Waals surface area (Å²) in [5, 5.41) is 15.3. The first kappa shape index (κ1) is 23.2. The molecule has 0 radical (unpaired) electrons. The average Bonchev–Trinajstić information content (AvgIpc) is 3.22. The fourth-order valence-electron chi connectivity index (χ4n) is 2.76. The highest BCUT2D eigenvalue weighted by Crippen LogP contribution is 2.21. The molecule has 1 amide bonds. The number of thioether (sulfide) groups is 1. The number of tetrazole rings is 1. The summed E-state index contributed by atoms with van der Waals surface area (Å²) in [5.74, 6) is -0.192. The van der Waals surface area contributed by atoms with E-state index in [0.717, 1.165) is 5.69 Å². The summed E-state index contributed by atoms with van der Waals surface area (Å²) in [6, 6.07) is 13.1. The Labute approximate surface area is 189 Å². The standard InChI is InChI=1S/C19H21ClN6O3S2/c1-3-25(4-2)31(28,29)17-11-7-15(8-12-17)21-18(27)13-30-19-22-23-24-26(19)16-9-5-14(20)6-10-16/h5-12H,3-4,13H2,1-2H3,(H,21,27). The van der Waals surface area contributed by atoms with Gasteiger partial charge in [-0.15, -0.1) is 5.10 Å². The number of nitrogens with zero attached hydrogens (tertiary/aromatic N) is 5. The first-order valence-electron chi connectivity index (χ1n) is 9.42. The maximum absolute atomic E-state index is 12.5. The maximum Gasteiger partial charge on any atom is 0.243 e. The minimum absolute atomic E-state index is 0.0768. The van der Waals surface area contributed by atoms with Crippen molar-refractivity contribution in [1.82, 2.24) is 24.5 Å². The number of amides is 1. The highest BCUT2D eigenvalue weighted by molar-refractivity contribution is 7.99. The normalized spacial score (nSPS) is 11.6. The fraction of sp³-hybridized carbons (Fsp3) is 0.263. The van der Waals surface area contributed by atoms with Crippen LogP contribution in [0.25, 0.3) is 5.69 Å². The van der Waals surface area contributed by atoms with Crippen LogP contribution in [0.1, 0.15) is 13.8 Å². The van der Waals surface area contributed by atoms with Crippen LogP contribution in [0.2, 0.25) is 5.02 Å². The number of halogens is 1. The molecule has 3 aromatic rings. The zero-order valence-corrected chi connectivity index (χ0v) is 19.3. The molecule has 0 bridgehead atoms. The number of hydrogen-bond donors (Lipinski definition) is 1. The van der Waals surface area contributed by atoms with Crippen molar-refractivity contribution < 1.29 is 13.2 Å². The molecular weight excluding hydrogens is 460 g/mol. The van der Waals surface area contributed by atoms with Gasteiger partial charge >= 0.3 is 0 Å². The van der Waals surface area contributed by atoms with Gasteiger partial charge in [-0.2, -0.15) is 8.99 Å². The number of carbonyl (C=O) groups is 1. The second-order valence-corrected chi connectivity index (χ2v) is 9.62. The predicted molar refractivity (Wildman–Crippen MR) is 120 cm³/mol. The van der Waals surface area contributed by atoms with E-state index < -0.39 is 10.0 Å². The molecule has 12 heteroatoms. The second-order valence-electron chi connectivity index (χ2n) is 6.30. The van der Waals surface area contributed by atoms with Gasteiger partial charge in [-0.3, -0.25) is 4.79 Å². The Bertz CT molecular complexity index is 1130. The van der Waals surface area contributed by atoms with Gasteiger partial charge in [-0.1, -0.05) is 37.2 Å². The molecule has 0 saturated carbocycles. The van der Waals surface area contributed by atoms with E-state index >= 15 is 0 Å². The van der Waals surface area contributed by atoms with Gasteiger partial charge in [0.05, 0.1) is 16.3 Å². The molecule has 0 atom stereocenters. The third-order valence-corrected chi connectivity index (χ3v) is 7.56. The van der Waals surface area contributed by atoms with Crippen LogP contribution in [0.3, 0.4) is 0 Å². The van der Waals surface area contributed by atoms with Gasteiger partial charge in [0.15, 0.2) is 0 Å². The molecule has 0 aliphatic carbocycles. The Balaban J connectivity index is 1.61. The van der Waals surface area contributed by atoms with Crippen molar-refractivity contribution in [2.75, 3.05) is 24.2 Å². The second kappa shape index (κ2) is 10.2. The summed E-state index contributed by atoms with van der Waals surface area (Å²) in [6.45, 7) is 4.36. The predicted octanol–water partition coefficient (Wildman–Crippen LogP) is 3.08. The number of benzene rings is 2. The summed E-state index contributed by atoms with van der Waals surface area (Å²) >= 11 is 7.08. The number of aromatic nitrogens is 4. The SMILES string of the molecule is CCN(CC)S(=O)(=O)c1ccc(NC(=O)CSc2nnnn2-c2ccc(Cl)cc2)cc1. The van der Waals surface area contributed by atoms with Crippen molar-refractivity contribution in [1.29, 1.82) is 0 Å². The van der Waals surface area contributed by atoms with Crippen LogP contribution in [0, 0.1) is 0 Å². The Morgan fingerprint density at radius 3 is 2.35 bits per heavy atom. The van der Waals surface area contributed by atoms with E-state index in [9.17, 15) is 13.2 Å². The molecule has 1 N–H and O–H groups in total. The molecule has 164 valence electrons. The van der Waals surface area contributed by atoms with Gasteiger partial charge in [0.25, 0.3) is 0 Å². The summed E-state index contributed by atoms with van der Waals surface area (Å²) in [7, 11) is -3.54. The van der Waals surface area contributed by atoms with Crippen LogP contribution in [0.5, 0.6) is 0 Å². The largest absolute Gasteiger partial charge is 0.325 e. The van der Waals surface area contributed by atoms with Crippen molar-refractivity contribution in [3.63, 3.8) is 0 Å². The lowest BCUT2D eigenvalue weighted by atomic mass is 10.3. The van der Waals surface area contributed by atoms with Crippen LogP contribution < -0.4 is 5.32 Å². The number of rotatable bonds is 9. The van der Waals surface area contributed by atoms with Crippen molar-refractivity contribution >= 4 is 45.0 Å². The molecule has 2 aromatic carbocycles. The molecule has 0 aliphatic rings. The molecule has 1 aromatic heterocycles. The molecular formula is C19H21ClN6O3S2. The lowest BCUT2D eigenvalue weighted by Crippen LogP contribution is -2.30. The van der Waals surface area contributed by atoms with Gasteiger partial charge in [0, 0.05) is 23.8 Å². The van der Waals surface area contributed by atoms with Gasteiger partial charge in [-0.05, 0) is 59.0 Å². The zero-order chi connectivity index (χ0) is 22.4. The first-order valence-corrected chi connectivity index (χ1v) is 12.2. The smallest absolute Gasteiger partial charge is 0.243 e. The number of nitrogens with one attached hydrogen (secondary N) is 1. The molecule has 31 heavy (non-hydrogen) atoms. The number of hydrogen-bond acceptors (Lipinski definition) is 7. The van der Waals surface area contributed by atoms with Gasteiger partial charge < -0.3 is 5.32 Å². The quantitative estimate of drug-likeness (QED) is 0.468. The summed E-state index contributed by atoms with van der Waals surface area (Å²) < 4.78 is 28.0. The van der Waals surface area contributed by atoms with Gasteiger partial charge in [-0.25, -0.2) is 8.42 Å². The Hall–Kier alpha value is -2.47. The van der Waals surface area contributed by atoms with Crippen LogP contribution in [-0.4, -0.2) is 57.7 Å². The van der Waals surface area contributed by atoms with E-state index in [0.29, 0.717) is 29.0 Å². The highest BCUT2D eigenvalue weighted by Gasteiger charge is 2.21. The molecule has 0 aliphatic heterocycles. The minimum Gasteiger partial charge on any atom is -0.325 e. The maximum atomic E-state index is 12.5. The third-order valence-electron chi connectivity index (χ3n) is 4.33. The molecule has 9 nitrogen and oxygen atoms in total. The van der Waals surface area contributed by atoms with E-state index in [1.807, 2.05) is 0 Å². The lowest BCUT2D eigenvalue weighted by Gasteiger charge is -2.18. The fourth-order valence-corrected chi connectivity index (χ4v) is 5.04.